The van der Waals surface area contributed by atoms with Crippen molar-refractivity contribution in [2.75, 3.05) is 6.54 Å². The fourth-order valence-corrected chi connectivity index (χ4v) is 2.56. The zero-order chi connectivity index (χ0) is 14.3. The average molecular weight is 273 g/mol. The minimum absolute atomic E-state index is 0.165. The standard InChI is InChI=1S/C14H15N3O3/c15-4-1-5-17-13(14(19)20)11-7-8-6-9(18)2-3-10(8)12(11)16-17/h2-3,6-7,16,18H,1,4-5,15H2,(H,19,20). The van der Waals surface area contributed by atoms with Gasteiger partial charge in [-0.2, -0.15) is 0 Å². The SMILES string of the molecule is NCCCn1[nH]c2c3ccc(O)cc3cc-2c1C(=O)O. The van der Waals surface area contributed by atoms with E-state index in [1.165, 1.54) is 0 Å². The fraction of sp³-hybridized carbons (Fsp3) is 0.214. The first kappa shape index (κ1) is 12.6. The van der Waals surface area contributed by atoms with Crippen molar-refractivity contribution in [3.63, 3.8) is 0 Å². The Morgan fingerprint density at radius 3 is 2.85 bits per heavy atom. The number of nitrogens with zero attached hydrogens (tertiary/aromatic N) is 1. The maximum Gasteiger partial charge on any atom is 0.354 e. The van der Waals surface area contributed by atoms with Crippen LogP contribution in [-0.4, -0.2) is 32.5 Å². The molecule has 1 aliphatic heterocycles. The number of carbonyl (C=O) groups is 1. The summed E-state index contributed by atoms with van der Waals surface area (Å²) in [6.07, 6.45) is 0.701. The second kappa shape index (κ2) is 4.57. The molecule has 3 rings (SSSR count). The van der Waals surface area contributed by atoms with Crippen LogP contribution in [0.1, 0.15) is 16.9 Å². The van der Waals surface area contributed by atoms with Crippen molar-refractivity contribution in [3.05, 3.63) is 30.0 Å². The molecule has 1 aromatic rings. The first-order valence-corrected chi connectivity index (χ1v) is 6.39. The minimum Gasteiger partial charge on any atom is -0.508 e. The van der Waals surface area contributed by atoms with Crippen LogP contribution in [0.4, 0.5) is 0 Å². The van der Waals surface area contributed by atoms with E-state index in [0.717, 1.165) is 16.5 Å². The molecule has 0 atom stereocenters. The highest BCUT2D eigenvalue weighted by atomic mass is 16.4. The van der Waals surface area contributed by atoms with Crippen LogP contribution in [0.5, 0.6) is 5.75 Å². The van der Waals surface area contributed by atoms with E-state index in [1.54, 1.807) is 28.9 Å². The number of aromatic carboxylic acids is 1. The van der Waals surface area contributed by atoms with E-state index in [-0.39, 0.29) is 11.4 Å². The maximum absolute atomic E-state index is 11.5. The van der Waals surface area contributed by atoms with Crippen molar-refractivity contribution in [3.8, 4) is 17.0 Å². The number of carboxylic acids is 1. The largest absolute Gasteiger partial charge is 0.508 e. The number of H-pyrrole nitrogens is 1. The molecule has 6 heteroatoms. The fourth-order valence-electron chi connectivity index (χ4n) is 2.56. The molecular weight excluding hydrogens is 258 g/mol. The van der Waals surface area contributed by atoms with Crippen LogP contribution in [0.3, 0.4) is 0 Å². The maximum atomic E-state index is 11.5. The van der Waals surface area contributed by atoms with Crippen LogP contribution in [0.15, 0.2) is 24.3 Å². The van der Waals surface area contributed by atoms with E-state index in [1.807, 2.05) is 0 Å². The van der Waals surface area contributed by atoms with Gasteiger partial charge < -0.3 is 15.9 Å². The third-order valence-electron chi connectivity index (χ3n) is 3.43. The Bertz CT molecular complexity index is 757. The summed E-state index contributed by atoms with van der Waals surface area (Å²) in [6.45, 7) is 1.04. The third-order valence-corrected chi connectivity index (χ3v) is 3.43. The lowest BCUT2D eigenvalue weighted by Gasteiger charge is -2.04. The number of carboxylic acid groups (broad SMARTS) is 1. The Morgan fingerprint density at radius 1 is 1.35 bits per heavy atom. The summed E-state index contributed by atoms with van der Waals surface area (Å²) in [6, 6.07) is 6.78. The number of rotatable bonds is 4. The highest BCUT2D eigenvalue weighted by Gasteiger charge is 2.24. The van der Waals surface area contributed by atoms with Gasteiger partial charge in [-0.1, -0.05) is 0 Å². The average Bonchev–Trinajstić information content (AvgIpc) is 2.90. The Hall–Kier alpha value is -2.47. The number of phenolic OH excluding ortho intramolecular Hbond substituents is 1. The number of phenols is 1. The summed E-state index contributed by atoms with van der Waals surface area (Å²) in [4.78, 5) is 11.5. The Labute approximate surface area is 114 Å². The van der Waals surface area contributed by atoms with Crippen molar-refractivity contribution < 1.29 is 15.0 Å². The molecule has 1 aromatic carbocycles. The first-order valence-electron chi connectivity index (χ1n) is 6.39. The van der Waals surface area contributed by atoms with E-state index in [4.69, 9.17) is 5.73 Å². The lowest BCUT2D eigenvalue weighted by molar-refractivity contribution is 0.0684. The highest BCUT2D eigenvalue weighted by Crippen LogP contribution is 2.37. The monoisotopic (exact) mass is 273 g/mol. The molecule has 0 amide bonds. The summed E-state index contributed by atoms with van der Waals surface area (Å²) in [5.41, 5.74) is 7.12. The second-order valence-corrected chi connectivity index (χ2v) is 4.76. The van der Waals surface area contributed by atoms with Crippen molar-refractivity contribution in [2.24, 2.45) is 5.73 Å². The van der Waals surface area contributed by atoms with Gasteiger partial charge >= 0.3 is 5.97 Å². The van der Waals surface area contributed by atoms with Gasteiger partial charge in [0, 0.05) is 17.5 Å². The highest BCUT2D eigenvalue weighted by molar-refractivity contribution is 6.07. The zero-order valence-electron chi connectivity index (χ0n) is 10.8. The van der Waals surface area contributed by atoms with Crippen molar-refractivity contribution in [1.29, 1.82) is 0 Å². The Morgan fingerprint density at radius 2 is 2.15 bits per heavy atom. The summed E-state index contributed by atoms with van der Waals surface area (Å²) in [7, 11) is 0. The summed E-state index contributed by atoms with van der Waals surface area (Å²) < 4.78 is 1.62. The van der Waals surface area contributed by atoms with Crippen LogP contribution in [0.2, 0.25) is 0 Å². The number of nitrogens with two attached hydrogens (primary N) is 1. The molecule has 2 aliphatic rings. The number of aryl methyl sites for hydroxylation is 1. The molecule has 1 aliphatic carbocycles. The summed E-state index contributed by atoms with van der Waals surface area (Å²) >= 11 is 0. The molecular formula is C14H15N3O3. The smallest absolute Gasteiger partial charge is 0.354 e. The molecule has 0 aromatic heterocycles. The van der Waals surface area contributed by atoms with Crippen LogP contribution in [0.25, 0.3) is 22.0 Å². The molecule has 0 bridgehead atoms. The lowest BCUT2D eigenvalue weighted by atomic mass is 10.2. The van der Waals surface area contributed by atoms with Crippen LogP contribution in [0, 0.1) is 0 Å². The van der Waals surface area contributed by atoms with Crippen molar-refractivity contribution >= 4 is 16.7 Å². The van der Waals surface area contributed by atoms with Crippen molar-refractivity contribution in [1.82, 2.24) is 9.78 Å². The molecule has 104 valence electrons. The van der Waals surface area contributed by atoms with Gasteiger partial charge in [0.2, 0.25) is 0 Å². The van der Waals surface area contributed by atoms with E-state index in [2.05, 4.69) is 5.10 Å². The second-order valence-electron chi connectivity index (χ2n) is 4.76. The van der Waals surface area contributed by atoms with Gasteiger partial charge in [-0.25, -0.2) is 4.79 Å². The van der Waals surface area contributed by atoms with E-state index in [9.17, 15) is 15.0 Å². The molecule has 1 heterocycles. The number of aromatic hydroxyl groups is 1. The van der Waals surface area contributed by atoms with Gasteiger partial charge in [0.1, 0.15) is 5.75 Å². The number of nitrogens with one attached hydrogen (secondary N) is 1. The molecule has 0 saturated heterocycles. The predicted molar refractivity (Wildman–Crippen MR) is 75.2 cm³/mol. The first-order chi connectivity index (χ1) is 9.61. The van der Waals surface area contributed by atoms with Crippen LogP contribution in [-0.2, 0) is 6.54 Å². The van der Waals surface area contributed by atoms with Gasteiger partial charge in [0.05, 0.1) is 5.69 Å². The Balaban J connectivity index is 2.23. The molecule has 5 N–H and O–H groups in total. The molecule has 0 radical (unpaired) electrons. The topological polar surface area (TPSA) is 104 Å². The predicted octanol–water partition coefficient (Wildman–Crippen LogP) is 1.83. The quantitative estimate of drug-likeness (QED) is 0.582. The Kier molecular flexibility index (Phi) is 2.87. The molecule has 0 fully saturated rings. The summed E-state index contributed by atoms with van der Waals surface area (Å²) in [5.74, 6) is -0.814. The van der Waals surface area contributed by atoms with Gasteiger partial charge in [-0.3, -0.25) is 9.78 Å². The van der Waals surface area contributed by atoms with E-state index in [0.29, 0.717) is 25.1 Å². The molecule has 0 saturated carbocycles. The van der Waals surface area contributed by atoms with Gasteiger partial charge in [-0.05, 0) is 42.6 Å². The molecule has 0 spiro atoms. The van der Waals surface area contributed by atoms with Gasteiger partial charge in [0.25, 0.3) is 0 Å². The van der Waals surface area contributed by atoms with Gasteiger partial charge in [-0.15, -0.1) is 0 Å². The summed E-state index contributed by atoms with van der Waals surface area (Å²) in [5, 5.41) is 23.7. The van der Waals surface area contributed by atoms with Crippen molar-refractivity contribution in [2.45, 2.75) is 13.0 Å². The zero-order valence-corrected chi connectivity index (χ0v) is 10.8. The number of hydrogen-bond donors (Lipinski definition) is 4. The number of aromatic amines is 1. The van der Waals surface area contributed by atoms with Crippen LogP contribution >= 0.6 is 0 Å². The van der Waals surface area contributed by atoms with E-state index >= 15 is 0 Å². The number of fused-ring (bicyclic) bond motifs is 3. The lowest BCUT2D eigenvalue weighted by Crippen LogP contribution is -2.13. The number of benzene rings is 1. The number of hydrogen-bond acceptors (Lipinski definition) is 3. The van der Waals surface area contributed by atoms with E-state index < -0.39 is 5.97 Å². The van der Waals surface area contributed by atoms with Gasteiger partial charge in [0.15, 0.2) is 5.69 Å². The minimum atomic E-state index is -0.979. The normalized spacial score (nSPS) is 11.4. The molecule has 6 nitrogen and oxygen atoms in total. The molecule has 20 heavy (non-hydrogen) atoms. The number of aromatic nitrogens is 2. The van der Waals surface area contributed by atoms with Crippen LogP contribution < -0.4 is 5.73 Å². The molecule has 0 unspecified atom stereocenters. The third kappa shape index (κ3) is 1.81.